The Balaban J connectivity index is 1.58. The molecule has 0 N–H and O–H groups in total. The molecular formula is C25H35N3O. The van der Waals surface area contributed by atoms with Gasteiger partial charge in [-0.15, -0.1) is 0 Å². The van der Waals surface area contributed by atoms with Gasteiger partial charge in [0.05, 0.1) is 0 Å². The zero-order valence-electron chi connectivity index (χ0n) is 18.2. The Hall–Kier alpha value is -2.07. The molecule has 1 aliphatic heterocycles. The molecule has 0 spiro atoms. The molecule has 0 radical (unpaired) electrons. The number of aryl methyl sites for hydroxylation is 1. The SMILES string of the molecule is CC(C)N(c1ccc2c(c1)CN(CC1CCCCC1)CC2)c1cccn(C)c1=O. The van der Waals surface area contributed by atoms with Crippen molar-refractivity contribution in [2.24, 2.45) is 13.0 Å². The number of anilines is 2. The van der Waals surface area contributed by atoms with Crippen LogP contribution in [0.5, 0.6) is 0 Å². The minimum atomic E-state index is 0.0536. The third-order valence-corrected chi connectivity index (χ3v) is 6.68. The topological polar surface area (TPSA) is 28.5 Å². The van der Waals surface area contributed by atoms with Gasteiger partial charge in [0.2, 0.25) is 0 Å². The largest absolute Gasteiger partial charge is 0.334 e. The lowest BCUT2D eigenvalue weighted by Crippen LogP contribution is -2.36. The number of aromatic nitrogens is 1. The molecule has 4 nitrogen and oxygen atoms in total. The molecule has 4 rings (SSSR count). The molecule has 29 heavy (non-hydrogen) atoms. The van der Waals surface area contributed by atoms with Gasteiger partial charge in [-0.25, -0.2) is 0 Å². The summed E-state index contributed by atoms with van der Waals surface area (Å²) in [5.74, 6) is 0.882. The van der Waals surface area contributed by atoms with Crippen LogP contribution in [-0.2, 0) is 20.0 Å². The van der Waals surface area contributed by atoms with E-state index in [0.717, 1.165) is 30.3 Å². The maximum absolute atomic E-state index is 12.8. The molecule has 0 amide bonds. The Morgan fingerprint density at radius 2 is 1.90 bits per heavy atom. The van der Waals surface area contributed by atoms with Crippen molar-refractivity contribution < 1.29 is 0 Å². The first-order chi connectivity index (χ1) is 14.0. The third kappa shape index (κ3) is 4.42. The molecule has 1 fully saturated rings. The standard InChI is InChI=1S/C25H35N3O/c1-19(2)28(24-10-7-14-26(3)25(24)29)23-12-11-21-13-15-27(18-22(21)16-23)17-20-8-5-4-6-9-20/h7,10-12,14,16,19-20H,4-6,8-9,13,15,17-18H2,1-3H3. The summed E-state index contributed by atoms with van der Waals surface area (Å²) >= 11 is 0. The van der Waals surface area contributed by atoms with Crippen molar-refractivity contribution in [1.29, 1.82) is 0 Å². The predicted molar refractivity (Wildman–Crippen MR) is 121 cm³/mol. The molecule has 1 saturated carbocycles. The van der Waals surface area contributed by atoms with Crippen molar-refractivity contribution in [1.82, 2.24) is 9.47 Å². The van der Waals surface area contributed by atoms with Gasteiger partial charge in [0.15, 0.2) is 0 Å². The maximum Gasteiger partial charge on any atom is 0.274 e. The Morgan fingerprint density at radius 1 is 1.10 bits per heavy atom. The van der Waals surface area contributed by atoms with E-state index in [9.17, 15) is 4.79 Å². The Labute approximate surface area is 175 Å². The molecule has 1 aromatic heterocycles. The Kier molecular flexibility index (Phi) is 6.09. The molecule has 0 atom stereocenters. The van der Waals surface area contributed by atoms with Crippen molar-refractivity contribution in [3.8, 4) is 0 Å². The predicted octanol–water partition coefficient (Wildman–Crippen LogP) is 4.87. The molecule has 0 saturated heterocycles. The number of hydrogen-bond donors (Lipinski definition) is 0. The normalized spacial score (nSPS) is 18.1. The van der Waals surface area contributed by atoms with Gasteiger partial charge < -0.3 is 9.47 Å². The van der Waals surface area contributed by atoms with Gasteiger partial charge >= 0.3 is 0 Å². The first-order valence-electron chi connectivity index (χ1n) is 11.3. The van der Waals surface area contributed by atoms with E-state index in [4.69, 9.17) is 0 Å². The van der Waals surface area contributed by atoms with Crippen LogP contribution >= 0.6 is 0 Å². The quantitative estimate of drug-likeness (QED) is 0.725. The van der Waals surface area contributed by atoms with Gasteiger partial charge in [0, 0.05) is 44.6 Å². The number of nitrogens with zero attached hydrogens (tertiary/aromatic N) is 3. The molecule has 2 heterocycles. The second-order valence-electron chi connectivity index (χ2n) is 9.22. The lowest BCUT2D eigenvalue weighted by Gasteiger charge is -2.35. The Bertz CT molecular complexity index is 895. The second kappa shape index (κ2) is 8.74. The highest BCUT2D eigenvalue weighted by Gasteiger charge is 2.23. The fraction of sp³-hybridized carbons (Fsp3) is 0.560. The summed E-state index contributed by atoms with van der Waals surface area (Å²) in [5, 5.41) is 0. The highest BCUT2D eigenvalue weighted by molar-refractivity contribution is 5.64. The molecule has 4 heteroatoms. The summed E-state index contributed by atoms with van der Waals surface area (Å²) in [6, 6.07) is 10.9. The van der Waals surface area contributed by atoms with E-state index in [-0.39, 0.29) is 11.6 Å². The fourth-order valence-electron chi connectivity index (χ4n) is 5.12. The number of pyridine rings is 1. The summed E-state index contributed by atoms with van der Waals surface area (Å²) in [6.45, 7) is 7.77. The van der Waals surface area contributed by atoms with E-state index in [1.54, 1.807) is 4.57 Å². The maximum atomic E-state index is 12.8. The third-order valence-electron chi connectivity index (χ3n) is 6.68. The van der Waals surface area contributed by atoms with Gasteiger partial charge in [0.25, 0.3) is 5.56 Å². The van der Waals surface area contributed by atoms with Gasteiger partial charge in [-0.3, -0.25) is 9.69 Å². The van der Waals surface area contributed by atoms with E-state index < -0.39 is 0 Å². The van der Waals surface area contributed by atoms with E-state index in [2.05, 4.69) is 41.8 Å². The first kappa shape index (κ1) is 20.2. The van der Waals surface area contributed by atoms with Crippen LogP contribution in [0, 0.1) is 5.92 Å². The van der Waals surface area contributed by atoms with Crippen LogP contribution in [0.4, 0.5) is 11.4 Å². The zero-order chi connectivity index (χ0) is 20.4. The average Bonchev–Trinajstić information content (AvgIpc) is 2.72. The minimum absolute atomic E-state index is 0.0536. The smallest absolute Gasteiger partial charge is 0.274 e. The Morgan fingerprint density at radius 3 is 2.66 bits per heavy atom. The van der Waals surface area contributed by atoms with Gasteiger partial charge in [-0.2, -0.15) is 0 Å². The second-order valence-corrected chi connectivity index (χ2v) is 9.22. The number of hydrogen-bond acceptors (Lipinski definition) is 3. The van der Waals surface area contributed by atoms with Crippen molar-refractivity contribution in [2.45, 2.75) is 65.0 Å². The molecule has 2 aromatic rings. The summed E-state index contributed by atoms with van der Waals surface area (Å²) in [4.78, 5) is 17.6. The molecule has 1 aliphatic carbocycles. The molecule has 2 aliphatic rings. The van der Waals surface area contributed by atoms with Crippen LogP contribution in [0.15, 0.2) is 41.3 Å². The van der Waals surface area contributed by atoms with E-state index in [0.29, 0.717) is 0 Å². The molecule has 0 bridgehead atoms. The van der Waals surface area contributed by atoms with Crippen molar-refractivity contribution >= 4 is 11.4 Å². The van der Waals surface area contributed by atoms with Crippen LogP contribution in [0.3, 0.4) is 0 Å². The summed E-state index contributed by atoms with van der Waals surface area (Å²) in [5.41, 5.74) is 4.83. The average molecular weight is 394 g/mol. The number of benzene rings is 1. The van der Waals surface area contributed by atoms with Gasteiger partial charge in [0.1, 0.15) is 5.69 Å². The van der Waals surface area contributed by atoms with E-state index in [1.807, 2.05) is 25.4 Å². The zero-order valence-corrected chi connectivity index (χ0v) is 18.2. The highest BCUT2D eigenvalue weighted by atomic mass is 16.1. The monoisotopic (exact) mass is 393 g/mol. The first-order valence-corrected chi connectivity index (χ1v) is 11.3. The minimum Gasteiger partial charge on any atom is -0.334 e. The van der Waals surface area contributed by atoms with E-state index >= 15 is 0 Å². The highest BCUT2D eigenvalue weighted by Crippen LogP contribution is 2.31. The molecular weight excluding hydrogens is 358 g/mol. The summed E-state index contributed by atoms with van der Waals surface area (Å²) < 4.78 is 1.66. The van der Waals surface area contributed by atoms with Crippen molar-refractivity contribution in [2.75, 3.05) is 18.0 Å². The van der Waals surface area contributed by atoms with E-state index in [1.165, 1.54) is 56.3 Å². The van der Waals surface area contributed by atoms with Gasteiger partial charge in [-0.05, 0) is 74.4 Å². The lowest BCUT2D eigenvalue weighted by molar-refractivity contribution is 0.187. The van der Waals surface area contributed by atoms with Crippen molar-refractivity contribution in [3.63, 3.8) is 0 Å². The molecule has 1 aromatic carbocycles. The molecule has 156 valence electrons. The van der Waals surface area contributed by atoms with Crippen LogP contribution < -0.4 is 10.5 Å². The van der Waals surface area contributed by atoms with Crippen LogP contribution in [0.1, 0.15) is 57.1 Å². The van der Waals surface area contributed by atoms with Crippen LogP contribution in [0.2, 0.25) is 0 Å². The summed E-state index contributed by atoms with van der Waals surface area (Å²) in [6.07, 6.45) is 10.0. The van der Waals surface area contributed by atoms with Gasteiger partial charge in [-0.1, -0.05) is 25.3 Å². The number of fused-ring (bicyclic) bond motifs is 1. The van der Waals surface area contributed by atoms with Crippen molar-refractivity contribution in [3.05, 3.63) is 58.0 Å². The van der Waals surface area contributed by atoms with Crippen LogP contribution in [0.25, 0.3) is 0 Å². The number of rotatable bonds is 5. The lowest BCUT2D eigenvalue weighted by atomic mass is 9.88. The molecule has 0 unspecified atom stereocenters. The van der Waals surface area contributed by atoms with Crippen LogP contribution in [-0.4, -0.2) is 28.6 Å². The fourth-order valence-corrected chi connectivity index (χ4v) is 5.12. The summed E-state index contributed by atoms with van der Waals surface area (Å²) in [7, 11) is 1.82.